The van der Waals surface area contributed by atoms with Gasteiger partial charge in [0.05, 0.1) is 13.2 Å². The molecule has 0 aliphatic heterocycles. The van der Waals surface area contributed by atoms with Gasteiger partial charge in [-0.05, 0) is 56.2 Å². The lowest BCUT2D eigenvalue weighted by Gasteiger charge is -2.23. The number of ether oxygens (including phenoxy) is 1. The summed E-state index contributed by atoms with van der Waals surface area (Å²) in [5.41, 5.74) is 0.869. The zero-order valence-corrected chi connectivity index (χ0v) is 16.5. The van der Waals surface area contributed by atoms with E-state index in [2.05, 4.69) is 0 Å². The van der Waals surface area contributed by atoms with Crippen LogP contribution in [0.25, 0.3) is 0 Å². The Morgan fingerprint density at radius 2 is 1.86 bits per heavy atom. The van der Waals surface area contributed by atoms with E-state index in [0.717, 1.165) is 12.8 Å². The number of amides is 1. The summed E-state index contributed by atoms with van der Waals surface area (Å²) >= 11 is 6.10. The molecule has 0 saturated heterocycles. The first-order chi connectivity index (χ1) is 13.5. The van der Waals surface area contributed by atoms with Crippen LogP contribution < -0.4 is 4.74 Å². The molecule has 28 heavy (non-hydrogen) atoms. The predicted molar refractivity (Wildman–Crippen MR) is 106 cm³/mol. The zero-order chi connectivity index (χ0) is 20.1. The molecule has 1 saturated carbocycles. The largest absolute Gasteiger partial charge is 0.494 e. The smallest absolute Gasteiger partial charge is 0.223 e. The molecule has 2 aromatic rings. The molecule has 0 bridgehead atoms. The van der Waals surface area contributed by atoms with Gasteiger partial charge in [-0.25, -0.2) is 4.39 Å². The van der Waals surface area contributed by atoms with Gasteiger partial charge in [-0.15, -0.1) is 0 Å². The maximum atomic E-state index is 14.1. The van der Waals surface area contributed by atoms with Gasteiger partial charge in [-0.3, -0.25) is 9.59 Å². The standard InChI is InChI=1S/C22H23ClFNO3/c1-2-28-17-10-6-15(7-11-17)21(26)12-13-22(27)25(16-8-9-16)14-18-19(23)4-3-5-20(18)24/h3-7,10-11,16H,2,8-9,12-14H2,1H3. The number of benzene rings is 2. The molecule has 2 aromatic carbocycles. The first-order valence-corrected chi connectivity index (χ1v) is 9.85. The third kappa shape index (κ3) is 5.10. The maximum absolute atomic E-state index is 14.1. The number of hydrogen-bond donors (Lipinski definition) is 0. The molecule has 1 aliphatic rings. The highest BCUT2D eigenvalue weighted by atomic mass is 35.5. The Morgan fingerprint density at radius 3 is 2.46 bits per heavy atom. The third-order valence-electron chi connectivity index (χ3n) is 4.75. The summed E-state index contributed by atoms with van der Waals surface area (Å²) in [5, 5.41) is 0.309. The summed E-state index contributed by atoms with van der Waals surface area (Å²) in [5.74, 6) is 0.0328. The van der Waals surface area contributed by atoms with Crippen molar-refractivity contribution in [1.29, 1.82) is 0 Å². The van der Waals surface area contributed by atoms with Crippen LogP contribution in [0.4, 0.5) is 4.39 Å². The third-order valence-corrected chi connectivity index (χ3v) is 5.11. The zero-order valence-electron chi connectivity index (χ0n) is 15.8. The second kappa shape index (κ2) is 9.20. The fourth-order valence-electron chi connectivity index (χ4n) is 3.07. The molecule has 0 atom stereocenters. The minimum Gasteiger partial charge on any atom is -0.494 e. The van der Waals surface area contributed by atoms with Crippen molar-refractivity contribution in [2.24, 2.45) is 0 Å². The molecule has 1 amide bonds. The molecule has 6 heteroatoms. The van der Waals surface area contributed by atoms with Crippen LogP contribution in [0.3, 0.4) is 0 Å². The molecule has 0 aromatic heterocycles. The second-order valence-electron chi connectivity index (χ2n) is 6.83. The van der Waals surface area contributed by atoms with E-state index in [9.17, 15) is 14.0 Å². The summed E-state index contributed by atoms with van der Waals surface area (Å²) in [7, 11) is 0. The van der Waals surface area contributed by atoms with Crippen molar-refractivity contribution in [3.63, 3.8) is 0 Å². The maximum Gasteiger partial charge on any atom is 0.223 e. The number of halogens is 2. The molecule has 0 spiro atoms. The van der Waals surface area contributed by atoms with Crippen LogP contribution in [-0.4, -0.2) is 29.2 Å². The van der Waals surface area contributed by atoms with Crippen LogP contribution in [0.5, 0.6) is 5.75 Å². The molecular formula is C22H23ClFNO3. The fraction of sp³-hybridized carbons (Fsp3) is 0.364. The van der Waals surface area contributed by atoms with E-state index < -0.39 is 5.82 Å². The lowest BCUT2D eigenvalue weighted by Crippen LogP contribution is -2.33. The van der Waals surface area contributed by atoms with E-state index >= 15 is 0 Å². The first-order valence-electron chi connectivity index (χ1n) is 9.48. The number of carbonyl (C=O) groups excluding carboxylic acids is 2. The fourth-order valence-corrected chi connectivity index (χ4v) is 3.30. The first kappa shape index (κ1) is 20.3. The Morgan fingerprint density at radius 1 is 1.14 bits per heavy atom. The van der Waals surface area contributed by atoms with Crippen molar-refractivity contribution >= 4 is 23.3 Å². The van der Waals surface area contributed by atoms with E-state index in [0.29, 0.717) is 28.5 Å². The average molecular weight is 404 g/mol. The Hall–Kier alpha value is -2.40. The number of hydrogen-bond acceptors (Lipinski definition) is 3. The number of nitrogens with zero attached hydrogens (tertiary/aromatic N) is 1. The van der Waals surface area contributed by atoms with Crippen LogP contribution >= 0.6 is 11.6 Å². The van der Waals surface area contributed by atoms with Crippen molar-refractivity contribution in [3.05, 3.63) is 64.4 Å². The molecule has 0 unspecified atom stereocenters. The van der Waals surface area contributed by atoms with E-state index in [1.165, 1.54) is 6.07 Å². The van der Waals surface area contributed by atoms with Gasteiger partial charge < -0.3 is 9.64 Å². The number of rotatable bonds is 9. The van der Waals surface area contributed by atoms with Crippen LogP contribution in [0.1, 0.15) is 48.5 Å². The summed E-state index contributed by atoms with van der Waals surface area (Å²) < 4.78 is 19.5. The van der Waals surface area contributed by atoms with E-state index in [-0.39, 0.29) is 37.1 Å². The monoisotopic (exact) mass is 403 g/mol. The van der Waals surface area contributed by atoms with Crippen molar-refractivity contribution < 1.29 is 18.7 Å². The average Bonchev–Trinajstić information content (AvgIpc) is 3.51. The van der Waals surface area contributed by atoms with Gasteiger partial charge in [0, 0.05) is 35.0 Å². The van der Waals surface area contributed by atoms with Gasteiger partial charge in [0.25, 0.3) is 0 Å². The molecule has 0 heterocycles. The lowest BCUT2D eigenvalue weighted by atomic mass is 10.1. The van der Waals surface area contributed by atoms with Gasteiger partial charge in [0.1, 0.15) is 11.6 Å². The topological polar surface area (TPSA) is 46.6 Å². The summed E-state index contributed by atoms with van der Waals surface area (Å²) in [6.45, 7) is 2.59. The summed E-state index contributed by atoms with van der Waals surface area (Å²) in [6.07, 6.45) is 1.99. The Labute approximate surface area is 169 Å². The Balaban J connectivity index is 1.61. The minimum absolute atomic E-state index is 0.0919. The molecule has 3 rings (SSSR count). The number of ketones is 1. The van der Waals surface area contributed by atoms with Crippen molar-refractivity contribution in [2.45, 2.75) is 45.2 Å². The molecule has 1 aliphatic carbocycles. The Kier molecular flexibility index (Phi) is 6.68. The highest BCUT2D eigenvalue weighted by molar-refractivity contribution is 6.31. The highest BCUT2D eigenvalue weighted by Crippen LogP contribution is 2.31. The predicted octanol–water partition coefficient (Wildman–Crippen LogP) is 5.03. The highest BCUT2D eigenvalue weighted by Gasteiger charge is 2.33. The van der Waals surface area contributed by atoms with Gasteiger partial charge in [-0.2, -0.15) is 0 Å². The van der Waals surface area contributed by atoms with E-state index in [1.54, 1.807) is 41.3 Å². The van der Waals surface area contributed by atoms with Crippen molar-refractivity contribution in [3.8, 4) is 5.75 Å². The van der Waals surface area contributed by atoms with Crippen LogP contribution in [0, 0.1) is 5.82 Å². The van der Waals surface area contributed by atoms with Crippen LogP contribution in [-0.2, 0) is 11.3 Å². The van der Waals surface area contributed by atoms with E-state index in [4.69, 9.17) is 16.3 Å². The second-order valence-corrected chi connectivity index (χ2v) is 7.24. The molecule has 0 radical (unpaired) electrons. The van der Waals surface area contributed by atoms with Crippen molar-refractivity contribution in [2.75, 3.05) is 6.61 Å². The number of Topliss-reactive ketones (excluding diaryl/α,β-unsaturated/α-hetero) is 1. The number of carbonyl (C=O) groups is 2. The minimum atomic E-state index is -0.420. The molecule has 4 nitrogen and oxygen atoms in total. The van der Waals surface area contributed by atoms with Gasteiger partial charge >= 0.3 is 0 Å². The summed E-state index contributed by atoms with van der Waals surface area (Å²) in [4.78, 5) is 26.8. The normalized spacial score (nSPS) is 13.2. The molecule has 148 valence electrons. The van der Waals surface area contributed by atoms with Gasteiger partial charge in [0.2, 0.25) is 5.91 Å². The van der Waals surface area contributed by atoms with Gasteiger partial charge in [-0.1, -0.05) is 17.7 Å². The van der Waals surface area contributed by atoms with Crippen LogP contribution in [0.15, 0.2) is 42.5 Å². The molecule has 1 fully saturated rings. The molecular weight excluding hydrogens is 381 g/mol. The quantitative estimate of drug-likeness (QED) is 0.551. The summed E-state index contributed by atoms with van der Waals surface area (Å²) in [6, 6.07) is 11.5. The SMILES string of the molecule is CCOc1ccc(C(=O)CCC(=O)N(Cc2c(F)cccc2Cl)C2CC2)cc1. The van der Waals surface area contributed by atoms with Crippen LogP contribution in [0.2, 0.25) is 5.02 Å². The van der Waals surface area contributed by atoms with Gasteiger partial charge in [0.15, 0.2) is 5.78 Å². The van der Waals surface area contributed by atoms with E-state index in [1.807, 2.05) is 6.92 Å². The van der Waals surface area contributed by atoms with Crippen molar-refractivity contribution in [1.82, 2.24) is 4.90 Å². The lowest BCUT2D eigenvalue weighted by molar-refractivity contribution is -0.132. The Bertz CT molecular complexity index is 829. The molecule has 0 N–H and O–H groups in total.